The number of urea groups is 1. The summed E-state index contributed by atoms with van der Waals surface area (Å²) in [5.41, 5.74) is 0.744. The molecule has 4 rings (SSSR count). The van der Waals surface area contributed by atoms with Gasteiger partial charge in [-0.15, -0.1) is 10.2 Å². The van der Waals surface area contributed by atoms with Gasteiger partial charge in [0, 0.05) is 25.2 Å². The van der Waals surface area contributed by atoms with Crippen LogP contribution < -0.4 is 4.90 Å². The molecule has 7 nitrogen and oxygen atoms in total. The third kappa shape index (κ3) is 2.44. The third-order valence-corrected chi connectivity index (χ3v) is 4.93. The number of amides is 2. The Kier molecular flexibility index (Phi) is 3.70. The van der Waals surface area contributed by atoms with Crippen LogP contribution in [0.25, 0.3) is 11.5 Å². The Morgan fingerprint density at radius 2 is 2.04 bits per heavy atom. The van der Waals surface area contributed by atoms with Gasteiger partial charge in [0.15, 0.2) is 5.82 Å². The molecule has 2 aliphatic rings. The number of carbonyl (C=O) groups excluding carboxylic acids is 1. The van der Waals surface area contributed by atoms with Crippen molar-refractivity contribution < 1.29 is 4.79 Å². The Balaban J connectivity index is 1.61. The number of nitrogens with zero attached hydrogens (tertiary/aromatic N) is 6. The van der Waals surface area contributed by atoms with E-state index in [-0.39, 0.29) is 12.1 Å². The molecule has 1 aliphatic carbocycles. The molecule has 0 atom stereocenters. The molecule has 0 unspecified atom stereocenters. The van der Waals surface area contributed by atoms with Crippen LogP contribution in [-0.4, -0.2) is 49.8 Å². The fraction of sp³-hybridized carbons (Fsp3) is 0.529. The first-order valence-corrected chi connectivity index (χ1v) is 8.60. The Hall–Kier alpha value is -2.44. The number of aromatic nitrogens is 4. The molecule has 3 heterocycles. The van der Waals surface area contributed by atoms with Crippen LogP contribution in [0, 0.1) is 0 Å². The van der Waals surface area contributed by atoms with E-state index in [9.17, 15) is 4.79 Å². The van der Waals surface area contributed by atoms with E-state index in [0.29, 0.717) is 18.4 Å². The van der Waals surface area contributed by atoms with Crippen LogP contribution in [0.4, 0.5) is 10.6 Å². The maximum Gasteiger partial charge on any atom is 0.326 e. The maximum atomic E-state index is 12.7. The van der Waals surface area contributed by atoms with E-state index < -0.39 is 0 Å². The van der Waals surface area contributed by atoms with Crippen LogP contribution in [0.15, 0.2) is 24.5 Å². The summed E-state index contributed by atoms with van der Waals surface area (Å²) < 4.78 is 1.98. The van der Waals surface area contributed by atoms with Crippen molar-refractivity contribution in [2.24, 2.45) is 0 Å². The van der Waals surface area contributed by atoms with Gasteiger partial charge in [0.2, 0.25) is 0 Å². The van der Waals surface area contributed by atoms with Gasteiger partial charge >= 0.3 is 6.03 Å². The van der Waals surface area contributed by atoms with Gasteiger partial charge in [0.05, 0.1) is 0 Å². The summed E-state index contributed by atoms with van der Waals surface area (Å²) in [5.74, 6) is 1.42. The van der Waals surface area contributed by atoms with Crippen LogP contribution in [0.3, 0.4) is 0 Å². The van der Waals surface area contributed by atoms with Crippen molar-refractivity contribution in [1.29, 1.82) is 0 Å². The molecular formula is C17H22N6O. The molecule has 0 radical (unpaired) electrons. The minimum absolute atomic E-state index is 0.0784. The summed E-state index contributed by atoms with van der Waals surface area (Å²) in [7, 11) is 0. The van der Waals surface area contributed by atoms with Crippen LogP contribution >= 0.6 is 0 Å². The first-order valence-electron chi connectivity index (χ1n) is 8.60. The van der Waals surface area contributed by atoms with Gasteiger partial charge in [0.25, 0.3) is 0 Å². The lowest BCUT2D eigenvalue weighted by molar-refractivity contribution is 0.163. The first-order chi connectivity index (χ1) is 11.6. The highest BCUT2D eigenvalue weighted by molar-refractivity contribution is 5.93. The lowest BCUT2D eigenvalue weighted by Gasteiger charge is -2.34. The van der Waals surface area contributed by atoms with Gasteiger partial charge in [0.1, 0.15) is 17.8 Å². The average molecular weight is 326 g/mol. The molecule has 24 heavy (non-hydrogen) atoms. The van der Waals surface area contributed by atoms with E-state index >= 15 is 0 Å². The standard InChI is InChI=1S/C17H22N6O/c1-12(2)23-11-18-20-16(23)14-7-4-8-15(19-14)22-10-9-21(17(22)24)13-5-3-6-13/h4,7-8,11-13H,3,5-6,9-10H2,1-2H3. The zero-order chi connectivity index (χ0) is 16.7. The molecule has 2 aromatic rings. The monoisotopic (exact) mass is 326 g/mol. The SMILES string of the molecule is CC(C)n1cnnc1-c1cccc(N2CCN(C3CCC3)C2=O)n1. The molecule has 0 spiro atoms. The minimum atomic E-state index is 0.0784. The van der Waals surface area contributed by atoms with Crippen molar-refractivity contribution in [3.05, 3.63) is 24.5 Å². The third-order valence-electron chi connectivity index (χ3n) is 4.93. The Morgan fingerprint density at radius 3 is 2.75 bits per heavy atom. The smallest absolute Gasteiger partial charge is 0.320 e. The zero-order valence-electron chi connectivity index (χ0n) is 14.1. The van der Waals surface area contributed by atoms with Gasteiger partial charge in [-0.1, -0.05) is 6.07 Å². The topological polar surface area (TPSA) is 67.2 Å². The number of rotatable bonds is 4. The predicted molar refractivity (Wildman–Crippen MR) is 90.7 cm³/mol. The summed E-state index contributed by atoms with van der Waals surface area (Å²) in [6.07, 6.45) is 5.20. The quantitative estimate of drug-likeness (QED) is 0.866. The molecule has 1 aliphatic heterocycles. The van der Waals surface area contributed by atoms with Gasteiger partial charge in [-0.3, -0.25) is 4.90 Å². The summed E-state index contributed by atoms with van der Waals surface area (Å²) >= 11 is 0. The highest BCUT2D eigenvalue weighted by Crippen LogP contribution is 2.30. The van der Waals surface area contributed by atoms with E-state index in [2.05, 4.69) is 29.0 Å². The molecular weight excluding hydrogens is 304 g/mol. The Morgan fingerprint density at radius 1 is 1.21 bits per heavy atom. The van der Waals surface area contributed by atoms with Crippen molar-refractivity contribution in [2.75, 3.05) is 18.0 Å². The largest absolute Gasteiger partial charge is 0.326 e. The van der Waals surface area contributed by atoms with Crippen LogP contribution in [-0.2, 0) is 0 Å². The lowest BCUT2D eigenvalue weighted by atomic mass is 9.92. The van der Waals surface area contributed by atoms with Crippen LogP contribution in [0.5, 0.6) is 0 Å². The molecule has 2 aromatic heterocycles. The average Bonchev–Trinajstić information content (AvgIpc) is 3.14. The molecule has 0 N–H and O–H groups in total. The zero-order valence-corrected chi connectivity index (χ0v) is 14.1. The molecule has 1 saturated heterocycles. The molecule has 0 bridgehead atoms. The normalized spacial score (nSPS) is 18.5. The van der Waals surface area contributed by atoms with Crippen LogP contribution in [0.2, 0.25) is 0 Å². The second-order valence-electron chi connectivity index (χ2n) is 6.75. The summed E-state index contributed by atoms with van der Waals surface area (Å²) in [6, 6.07) is 6.49. The second-order valence-corrected chi connectivity index (χ2v) is 6.75. The highest BCUT2D eigenvalue weighted by atomic mass is 16.2. The maximum absolute atomic E-state index is 12.7. The van der Waals surface area contributed by atoms with Crippen molar-refractivity contribution in [1.82, 2.24) is 24.6 Å². The number of hydrogen-bond donors (Lipinski definition) is 0. The summed E-state index contributed by atoms with van der Waals surface area (Å²) in [4.78, 5) is 21.1. The fourth-order valence-corrected chi connectivity index (χ4v) is 3.31. The highest BCUT2D eigenvalue weighted by Gasteiger charge is 2.37. The molecule has 0 aromatic carbocycles. The van der Waals surface area contributed by atoms with Crippen molar-refractivity contribution in [3.8, 4) is 11.5 Å². The van der Waals surface area contributed by atoms with Gasteiger partial charge in [-0.2, -0.15) is 0 Å². The van der Waals surface area contributed by atoms with Gasteiger partial charge in [-0.05, 0) is 45.2 Å². The van der Waals surface area contributed by atoms with Crippen LogP contribution in [0.1, 0.15) is 39.2 Å². The van der Waals surface area contributed by atoms with Crippen molar-refractivity contribution in [3.63, 3.8) is 0 Å². The van der Waals surface area contributed by atoms with E-state index in [1.165, 1.54) is 6.42 Å². The number of hydrogen-bond acceptors (Lipinski definition) is 4. The van der Waals surface area contributed by atoms with E-state index in [1.807, 2.05) is 27.7 Å². The summed E-state index contributed by atoms with van der Waals surface area (Å²) in [6.45, 7) is 5.65. The Bertz CT molecular complexity index is 751. The Labute approximate surface area is 141 Å². The second kappa shape index (κ2) is 5.89. The predicted octanol–water partition coefficient (Wildman–Crippen LogP) is 2.72. The number of pyridine rings is 1. The summed E-state index contributed by atoms with van der Waals surface area (Å²) in [5, 5.41) is 8.20. The lowest BCUT2D eigenvalue weighted by Crippen LogP contribution is -2.43. The number of carbonyl (C=O) groups is 1. The molecule has 7 heteroatoms. The fourth-order valence-electron chi connectivity index (χ4n) is 3.31. The molecule has 2 fully saturated rings. The molecule has 2 amide bonds. The van der Waals surface area contributed by atoms with E-state index in [0.717, 1.165) is 30.9 Å². The minimum Gasteiger partial charge on any atom is -0.320 e. The number of anilines is 1. The van der Waals surface area contributed by atoms with Gasteiger partial charge < -0.3 is 9.47 Å². The van der Waals surface area contributed by atoms with E-state index in [4.69, 9.17) is 0 Å². The molecule has 126 valence electrons. The molecule has 1 saturated carbocycles. The van der Waals surface area contributed by atoms with Crippen molar-refractivity contribution >= 4 is 11.8 Å². The van der Waals surface area contributed by atoms with E-state index in [1.54, 1.807) is 11.2 Å². The van der Waals surface area contributed by atoms with Gasteiger partial charge in [-0.25, -0.2) is 9.78 Å². The first kappa shape index (κ1) is 15.1. The van der Waals surface area contributed by atoms with Crippen molar-refractivity contribution in [2.45, 2.75) is 45.2 Å².